The average molecular weight is 226 g/mol. The zero-order valence-corrected chi connectivity index (χ0v) is 7.74. The van der Waals surface area contributed by atoms with Gasteiger partial charge in [0, 0.05) is 0 Å². The van der Waals surface area contributed by atoms with Crippen molar-refractivity contribution in [3.63, 3.8) is 0 Å². The van der Waals surface area contributed by atoms with E-state index in [0.717, 1.165) is 13.2 Å². The van der Waals surface area contributed by atoms with Gasteiger partial charge >= 0.3 is 10.2 Å². The van der Waals surface area contributed by atoms with Gasteiger partial charge in [0.25, 0.3) is 0 Å². The van der Waals surface area contributed by atoms with Crippen LogP contribution in [0.2, 0.25) is 0 Å². The summed E-state index contributed by atoms with van der Waals surface area (Å²) < 4.78 is 63.0. The molecule has 0 spiro atoms. The average Bonchev–Trinajstić information content (AvgIpc) is 2.07. The van der Waals surface area contributed by atoms with Gasteiger partial charge in [-0.2, -0.15) is 12.8 Å². The summed E-state index contributed by atoms with van der Waals surface area (Å²) in [7, 11) is -4.18. The lowest BCUT2D eigenvalue weighted by molar-refractivity contribution is 0.367. The molecule has 0 aromatic heterocycles. The highest BCUT2D eigenvalue weighted by Crippen LogP contribution is 2.26. The van der Waals surface area contributed by atoms with Crippen LogP contribution in [0.25, 0.3) is 0 Å². The molecule has 1 aromatic carbocycles. The third-order valence-electron chi connectivity index (χ3n) is 1.49. The molecule has 0 bridgehead atoms. The van der Waals surface area contributed by atoms with Gasteiger partial charge in [0.05, 0.1) is 7.11 Å². The van der Waals surface area contributed by atoms with Crippen molar-refractivity contribution in [3.8, 4) is 5.75 Å². The van der Waals surface area contributed by atoms with Crippen LogP contribution in [0.3, 0.4) is 0 Å². The predicted molar refractivity (Wildman–Crippen MR) is 41.2 cm³/mol. The molecule has 1 rings (SSSR count). The fraction of sp³-hybridized carbons (Fsp3) is 0.143. The fourth-order valence-corrected chi connectivity index (χ4v) is 1.39. The van der Waals surface area contributed by atoms with Gasteiger partial charge in [-0.25, -0.2) is 4.39 Å². The molecule has 14 heavy (non-hydrogen) atoms. The van der Waals surface area contributed by atoms with Crippen molar-refractivity contribution in [1.82, 2.24) is 0 Å². The van der Waals surface area contributed by atoms with E-state index < -0.39 is 32.5 Å². The van der Waals surface area contributed by atoms with Crippen LogP contribution in [0.1, 0.15) is 0 Å². The van der Waals surface area contributed by atoms with Gasteiger partial charge in [-0.15, -0.1) is 3.89 Å². The van der Waals surface area contributed by atoms with Gasteiger partial charge in [-0.3, -0.25) is 0 Å². The van der Waals surface area contributed by atoms with E-state index in [-0.39, 0.29) is 0 Å². The SMILES string of the molecule is COc1ccc(S(=O)(=O)F)c(F)c1F. The fourth-order valence-electron chi connectivity index (χ4n) is 0.860. The Morgan fingerprint density at radius 2 is 1.79 bits per heavy atom. The highest BCUT2D eigenvalue weighted by atomic mass is 32.3. The van der Waals surface area contributed by atoms with Crippen molar-refractivity contribution in [2.24, 2.45) is 0 Å². The Morgan fingerprint density at radius 1 is 1.21 bits per heavy atom. The minimum absolute atomic E-state index is 0.491. The van der Waals surface area contributed by atoms with Crippen molar-refractivity contribution in [1.29, 1.82) is 0 Å². The first-order chi connectivity index (χ1) is 6.38. The van der Waals surface area contributed by atoms with E-state index in [9.17, 15) is 21.1 Å². The molecule has 3 nitrogen and oxygen atoms in total. The van der Waals surface area contributed by atoms with Crippen LogP contribution < -0.4 is 4.74 Å². The number of benzene rings is 1. The molecule has 0 saturated carbocycles. The zero-order chi connectivity index (χ0) is 10.9. The summed E-state index contributed by atoms with van der Waals surface area (Å²) in [5.41, 5.74) is 0. The second-order valence-corrected chi connectivity index (χ2v) is 3.65. The molecule has 0 N–H and O–H groups in total. The predicted octanol–water partition coefficient (Wildman–Crippen LogP) is 1.63. The summed E-state index contributed by atoms with van der Waals surface area (Å²) in [6.45, 7) is 0. The quantitative estimate of drug-likeness (QED) is 0.720. The second kappa shape index (κ2) is 3.49. The van der Waals surface area contributed by atoms with E-state index in [1.54, 1.807) is 0 Å². The molecule has 7 heteroatoms. The molecule has 0 fully saturated rings. The first kappa shape index (κ1) is 10.8. The highest BCUT2D eigenvalue weighted by Gasteiger charge is 2.23. The van der Waals surface area contributed by atoms with Crippen LogP contribution in [0.15, 0.2) is 17.0 Å². The molecular weight excluding hydrogens is 221 g/mol. The lowest BCUT2D eigenvalue weighted by atomic mass is 10.3. The molecule has 0 atom stereocenters. The minimum Gasteiger partial charge on any atom is -0.494 e. The molecule has 1 aromatic rings. The Labute approximate surface area is 78.3 Å². The normalized spacial score (nSPS) is 11.4. The Kier molecular flexibility index (Phi) is 2.70. The number of rotatable bonds is 2. The van der Waals surface area contributed by atoms with E-state index in [4.69, 9.17) is 0 Å². The first-order valence-electron chi connectivity index (χ1n) is 3.34. The molecule has 0 amide bonds. The van der Waals surface area contributed by atoms with Gasteiger partial charge in [0.15, 0.2) is 11.6 Å². The largest absolute Gasteiger partial charge is 0.494 e. The summed E-state index contributed by atoms with van der Waals surface area (Å²) in [4.78, 5) is -1.34. The maximum atomic E-state index is 12.9. The number of hydrogen-bond acceptors (Lipinski definition) is 3. The lowest BCUT2D eigenvalue weighted by Gasteiger charge is -2.03. The summed E-state index contributed by atoms with van der Waals surface area (Å²) in [6, 6.07) is 1.41. The molecular formula is C7H5F3O3S. The van der Waals surface area contributed by atoms with Crippen molar-refractivity contribution in [3.05, 3.63) is 23.8 Å². The maximum Gasteiger partial charge on any atom is 0.335 e. The standard InChI is InChI=1S/C7H5F3O3S/c1-13-4-2-3-5(14(10,11)12)7(9)6(4)8/h2-3H,1H3. The Balaban J connectivity index is 3.47. The van der Waals surface area contributed by atoms with Crippen LogP contribution in [-0.2, 0) is 10.2 Å². The van der Waals surface area contributed by atoms with Gasteiger partial charge < -0.3 is 4.74 Å². The van der Waals surface area contributed by atoms with Gasteiger partial charge in [0.2, 0.25) is 5.82 Å². The van der Waals surface area contributed by atoms with Gasteiger partial charge in [-0.05, 0) is 12.1 Å². The molecule has 0 radical (unpaired) electrons. The lowest BCUT2D eigenvalue weighted by Crippen LogP contribution is -2.01. The van der Waals surface area contributed by atoms with Crippen molar-refractivity contribution in [2.75, 3.05) is 7.11 Å². The minimum atomic E-state index is -5.25. The summed E-state index contributed by atoms with van der Waals surface area (Å²) >= 11 is 0. The number of ether oxygens (including phenoxy) is 1. The van der Waals surface area contributed by atoms with E-state index in [1.165, 1.54) is 0 Å². The Morgan fingerprint density at radius 3 is 2.21 bits per heavy atom. The molecule has 0 unspecified atom stereocenters. The van der Waals surface area contributed by atoms with E-state index >= 15 is 0 Å². The van der Waals surface area contributed by atoms with Crippen LogP contribution in [0.4, 0.5) is 12.7 Å². The van der Waals surface area contributed by atoms with Crippen molar-refractivity contribution >= 4 is 10.2 Å². The maximum absolute atomic E-state index is 12.9. The smallest absolute Gasteiger partial charge is 0.335 e. The number of halogens is 3. The summed E-state index contributed by atoms with van der Waals surface area (Å²) in [6.07, 6.45) is 0. The van der Waals surface area contributed by atoms with E-state index in [1.807, 2.05) is 0 Å². The van der Waals surface area contributed by atoms with Gasteiger partial charge in [0.1, 0.15) is 4.90 Å². The van der Waals surface area contributed by atoms with Crippen LogP contribution >= 0.6 is 0 Å². The third kappa shape index (κ3) is 1.82. The molecule has 0 aliphatic rings. The highest BCUT2D eigenvalue weighted by molar-refractivity contribution is 7.86. The van der Waals surface area contributed by atoms with E-state index in [0.29, 0.717) is 6.07 Å². The number of hydrogen-bond donors (Lipinski definition) is 0. The molecule has 0 saturated heterocycles. The third-order valence-corrected chi connectivity index (χ3v) is 2.33. The van der Waals surface area contributed by atoms with Crippen LogP contribution in [0.5, 0.6) is 5.75 Å². The van der Waals surface area contributed by atoms with Crippen molar-refractivity contribution in [2.45, 2.75) is 4.90 Å². The van der Waals surface area contributed by atoms with E-state index in [2.05, 4.69) is 4.74 Å². The summed E-state index contributed by atoms with van der Waals surface area (Å²) in [5.74, 6) is -3.81. The molecule has 0 aliphatic carbocycles. The monoisotopic (exact) mass is 226 g/mol. The topological polar surface area (TPSA) is 43.4 Å². The second-order valence-electron chi connectivity index (χ2n) is 2.33. The van der Waals surface area contributed by atoms with Crippen LogP contribution in [-0.4, -0.2) is 15.5 Å². The molecule has 78 valence electrons. The summed E-state index contributed by atoms with van der Waals surface area (Å²) in [5, 5.41) is 0. The van der Waals surface area contributed by atoms with Gasteiger partial charge in [-0.1, -0.05) is 0 Å². The van der Waals surface area contributed by atoms with Crippen molar-refractivity contribution < 1.29 is 25.8 Å². The number of methoxy groups -OCH3 is 1. The molecule has 0 aliphatic heterocycles. The Bertz CT molecular complexity index is 455. The zero-order valence-electron chi connectivity index (χ0n) is 6.92. The first-order valence-corrected chi connectivity index (χ1v) is 4.73. The Hall–Kier alpha value is -1.24. The van der Waals surface area contributed by atoms with Crippen LogP contribution in [0, 0.1) is 11.6 Å². The molecule has 0 heterocycles.